The van der Waals surface area contributed by atoms with Gasteiger partial charge in [0.25, 0.3) is 5.91 Å². The van der Waals surface area contributed by atoms with Crippen molar-refractivity contribution in [2.45, 2.75) is 78.0 Å². The number of carbonyl (C=O) groups is 5. The quantitative estimate of drug-likeness (QED) is 0.320. The molecule has 0 spiro atoms. The van der Waals surface area contributed by atoms with Gasteiger partial charge in [-0.1, -0.05) is 44.5 Å². The minimum absolute atomic E-state index is 0.0382. The number of nitrogens with one attached hydrogen (secondary N) is 4. The van der Waals surface area contributed by atoms with E-state index in [4.69, 9.17) is 9.47 Å². The third-order valence-electron chi connectivity index (χ3n) is 8.29. The summed E-state index contributed by atoms with van der Waals surface area (Å²) in [6.45, 7) is 8.70. The SMILES string of the molecule is CCOCC(=O)N1CCCCNC(=O)[C@@H](C)NC(=O)[C@H](Cc2ccc(OC)cc2)NC(=O)C([C@@H](C)CC)NC(=O)c2ccc(cc2)C1. The first-order valence-electron chi connectivity index (χ1n) is 16.3. The predicted molar refractivity (Wildman–Crippen MR) is 178 cm³/mol. The lowest BCUT2D eigenvalue weighted by Gasteiger charge is -2.27. The molecule has 4 atom stereocenters. The predicted octanol–water partition coefficient (Wildman–Crippen LogP) is 2.35. The summed E-state index contributed by atoms with van der Waals surface area (Å²) in [5.41, 5.74) is 1.97. The Balaban J connectivity index is 1.90. The molecule has 2 aliphatic rings. The Morgan fingerprint density at radius 1 is 0.915 bits per heavy atom. The van der Waals surface area contributed by atoms with Gasteiger partial charge in [0.05, 0.1) is 7.11 Å². The number of hydrogen-bond acceptors (Lipinski definition) is 7. The van der Waals surface area contributed by atoms with E-state index in [-0.39, 0.29) is 30.8 Å². The molecule has 256 valence electrons. The Kier molecular flexibility index (Phi) is 14.7. The van der Waals surface area contributed by atoms with Crippen molar-refractivity contribution < 1.29 is 33.4 Å². The molecule has 4 rings (SSSR count). The van der Waals surface area contributed by atoms with Crippen LogP contribution in [0.3, 0.4) is 0 Å². The van der Waals surface area contributed by atoms with Crippen LogP contribution < -0.4 is 26.0 Å². The molecule has 12 heteroatoms. The van der Waals surface area contributed by atoms with Crippen molar-refractivity contribution in [3.63, 3.8) is 0 Å². The van der Waals surface area contributed by atoms with Crippen molar-refractivity contribution in [2.24, 2.45) is 5.92 Å². The highest BCUT2D eigenvalue weighted by atomic mass is 16.5. The molecule has 0 aliphatic carbocycles. The lowest BCUT2D eigenvalue weighted by atomic mass is 9.96. The van der Waals surface area contributed by atoms with E-state index < -0.39 is 35.8 Å². The first-order valence-corrected chi connectivity index (χ1v) is 16.3. The molecule has 12 nitrogen and oxygen atoms in total. The van der Waals surface area contributed by atoms with Crippen molar-refractivity contribution in [2.75, 3.05) is 33.4 Å². The molecule has 2 aromatic carbocycles. The molecule has 4 N–H and O–H groups in total. The van der Waals surface area contributed by atoms with Crippen molar-refractivity contribution in [3.05, 3.63) is 65.2 Å². The van der Waals surface area contributed by atoms with Gasteiger partial charge in [0.2, 0.25) is 23.6 Å². The van der Waals surface area contributed by atoms with Crippen molar-refractivity contribution in [3.8, 4) is 5.75 Å². The summed E-state index contributed by atoms with van der Waals surface area (Å²) in [6, 6.07) is 11.2. The van der Waals surface area contributed by atoms with Crippen LogP contribution in [-0.4, -0.2) is 86.0 Å². The number of methoxy groups -OCH3 is 1. The van der Waals surface area contributed by atoms with E-state index in [2.05, 4.69) is 21.3 Å². The normalized spacial score (nSPS) is 21.0. The second-order valence-electron chi connectivity index (χ2n) is 11.8. The second kappa shape index (κ2) is 18.6. The average molecular weight is 652 g/mol. The van der Waals surface area contributed by atoms with Crippen molar-refractivity contribution >= 4 is 29.5 Å². The van der Waals surface area contributed by atoms with Gasteiger partial charge in [0.15, 0.2) is 0 Å². The van der Waals surface area contributed by atoms with Gasteiger partial charge in [-0.25, -0.2) is 0 Å². The van der Waals surface area contributed by atoms with E-state index in [0.29, 0.717) is 56.8 Å². The summed E-state index contributed by atoms with van der Waals surface area (Å²) in [4.78, 5) is 68.1. The van der Waals surface area contributed by atoms with E-state index in [1.807, 2.05) is 20.8 Å². The number of amides is 5. The first-order chi connectivity index (χ1) is 22.6. The molecular weight excluding hydrogens is 602 g/mol. The van der Waals surface area contributed by atoms with Crippen LogP contribution >= 0.6 is 0 Å². The van der Waals surface area contributed by atoms with Gasteiger partial charge in [0, 0.05) is 38.2 Å². The highest BCUT2D eigenvalue weighted by Gasteiger charge is 2.31. The zero-order chi connectivity index (χ0) is 34.3. The van der Waals surface area contributed by atoms with Crippen molar-refractivity contribution in [1.29, 1.82) is 0 Å². The van der Waals surface area contributed by atoms with Crippen LogP contribution in [0.2, 0.25) is 0 Å². The number of nitrogens with zero attached hydrogens (tertiary/aromatic N) is 1. The largest absolute Gasteiger partial charge is 0.497 e. The van der Waals surface area contributed by atoms with Gasteiger partial charge >= 0.3 is 0 Å². The Morgan fingerprint density at radius 2 is 1.62 bits per heavy atom. The Morgan fingerprint density at radius 3 is 2.26 bits per heavy atom. The maximum atomic E-state index is 13.7. The molecule has 2 bridgehead atoms. The fourth-order valence-corrected chi connectivity index (χ4v) is 5.12. The molecule has 0 fully saturated rings. The molecule has 1 unspecified atom stereocenters. The molecule has 0 saturated carbocycles. The minimum atomic E-state index is -1.02. The summed E-state index contributed by atoms with van der Waals surface area (Å²) >= 11 is 0. The summed E-state index contributed by atoms with van der Waals surface area (Å²) in [6.07, 6.45) is 1.98. The fourth-order valence-electron chi connectivity index (χ4n) is 5.12. The third kappa shape index (κ3) is 11.4. The Bertz CT molecular complexity index is 1350. The summed E-state index contributed by atoms with van der Waals surface area (Å²) < 4.78 is 10.6. The molecule has 0 radical (unpaired) electrons. The monoisotopic (exact) mass is 651 g/mol. The van der Waals surface area contributed by atoms with Crippen LogP contribution in [0.4, 0.5) is 0 Å². The van der Waals surface area contributed by atoms with Gasteiger partial charge in [0.1, 0.15) is 30.5 Å². The summed E-state index contributed by atoms with van der Waals surface area (Å²) in [5, 5.41) is 11.3. The Hall–Kier alpha value is -4.45. The van der Waals surface area contributed by atoms with Gasteiger partial charge in [-0.2, -0.15) is 0 Å². The van der Waals surface area contributed by atoms with Gasteiger partial charge in [-0.15, -0.1) is 0 Å². The fraction of sp³-hybridized carbons (Fsp3) is 0.514. The van der Waals surface area contributed by atoms with E-state index in [9.17, 15) is 24.0 Å². The summed E-state index contributed by atoms with van der Waals surface area (Å²) in [7, 11) is 1.56. The molecule has 0 saturated heterocycles. The maximum Gasteiger partial charge on any atom is 0.251 e. The zero-order valence-corrected chi connectivity index (χ0v) is 28.1. The van der Waals surface area contributed by atoms with Crippen LogP contribution in [0.1, 0.15) is 68.4 Å². The third-order valence-corrected chi connectivity index (χ3v) is 8.29. The maximum absolute atomic E-state index is 13.7. The highest BCUT2D eigenvalue weighted by molar-refractivity contribution is 5.99. The summed E-state index contributed by atoms with van der Waals surface area (Å²) in [5.74, 6) is -1.60. The topological polar surface area (TPSA) is 155 Å². The van der Waals surface area contributed by atoms with Crippen LogP contribution in [0, 0.1) is 5.92 Å². The second-order valence-corrected chi connectivity index (χ2v) is 11.8. The van der Waals surface area contributed by atoms with Gasteiger partial charge in [-0.05, 0) is 68.0 Å². The lowest BCUT2D eigenvalue weighted by Crippen LogP contribution is -2.58. The van der Waals surface area contributed by atoms with E-state index in [1.54, 1.807) is 67.5 Å². The standard InChI is InChI=1S/C35H49N5O7/c1-6-23(3)31-35(45)38-29(20-25-12-16-28(46-5)17-13-25)34(44)37-24(4)32(42)36-18-8-9-19-40(30(41)22-47-7-2)21-26-10-14-27(15-11-26)33(43)39-31/h10-17,23-24,29,31H,6-9,18-22H2,1-5H3,(H,36,42)(H,37,44)(H,38,45)(H,39,43)/t23-,24+,29-,31?/m0/s1. The van der Waals surface area contributed by atoms with Gasteiger partial charge in [-0.3, -0.25) is 24.0 Å². The van der Waals surface area contributed by atoms with E-state index in [0.717, 1.165) is 11.1 Å². The highest BCUT2D eigenvalue weighted by Crippen LogP contribution is 2.15. The van der Waals surface area contributed by atoms with E-state index in [1.165, 1.54) is 0 Å². The first kappa shape index (κ1) is 37.0. The zero-order valence-electron chi connectivity index (χ0n) is 28.1. The van der Waals surface area contributed by atoms with Gasteiger partial charge < -0.3 is 35.6 Å². The number of fused-ring (bicyclic) bond motifs is 18. The number of benzene rings is 2. The number of hydrogen-bond donors (Lipinski definition) is 4. The molecular formula is C35H49N5O7. The molecule has 5 amide bonds. The van der Waals surface area contributed by atoms with Crippen LogP contribution in [0.5, 0.6) is 5.75 Å². The molecule has 47 heavy (non-hydrogen) atoms. The molecule has 2 aromatic rings. The molecule has 0 aromatic heterocycles. The smallest absolute Gasteiger partial charge is 0.251 e. The minimum Gasteiger partial charge on any atom is -0.497 e. The van der Waals surface area contributed by atoms with Crippen LogP contribution in [0.15, 0.2) is 48.5 Å². The number of ether oxygens (including phenoxy) is 2. The average Bonchev–Trinajstić information content (AvgIpc) is 3.07. The Labute approximate surface area is 277 Å². The number of carbonyl (C=O) groups excluding carboxylic acids is 5. The number of rotatable bonds is 8. The van der Waals surface area contributed by atoms with E-state index >= 15 is 0 Å². The lowest BCUT2D eigenvalue weighted by molar-refractivity contribution is -0.136. The van der Waals surface area contributed by atoms with Crippen molar-refractivity contribution in [1.82, 2.24) is 26.2 Å². The molecule has 2 heterocycles. The molecule has 2 aliphatic heterocycles. The van der Waals surface area contributed by atoms with Crippen LogP contribution in [-0.2, 0) is 36.9 Å². The van der Waals surface area contributed by atoms with Crippen LogP contribution in [0.25, 0.3) is 0 Å².